The van der Waals surface area contributed by atoms with Gasteiger partial charge in [0, 0.05) is 0 Å². The van der Waals surface area contributed by atoms with Gasteiger partial charge in [-0.25, -0.2) is 0 Å². The molecule has 0 aromatic carbocycles. The first-order chi connectivity index (χ1) is 4.81. The normalized spacial score (nSPS) is 12.1. The molecule has 0 aromatic rings. The van der Waals surface area contributed by atoms with E-state index in [1.165, 1.54) is 35.7 Å². The maximum Gasteiger partial charge on any atom is -0.000462 e. The van der Waals surface area contributed by atoms with Crippen LogP contribution >= 0.6 is 22.6 Å². The molecule has 0 saturated heterocycles. The summed E-state index contributed by atoms with van der Waals surface area (Å²) in [6.45, 7) is 4.42. The van der Waals surface area contributed by atoms with Crippen LogP contribution in [0.2, 0.25) is 0 Å². The summed E-state index contributed by atoms with van der Waals surface area (Å²) >= 11 is 2.43. The van der Waals surface area contributed by atoms with E-state index in [2.05, 4.69) is 42.5 Å². The number of unbranched alkanes of at least 4 members (excludes halogenated alkanes) is 2. The van der Waals surface area contributed by atoms with Crippen molar-refractivity contribution in [1.82, 2.24) is 0 Å². The first-order valence-corrected chi connectivity index (χ1v) is 5.55. The molecule has 0 N–H and O–H groups in total. The molecule has 0 nitrogen and oxygen atoms in total. The van der Waals surface area contributed by atoms with Gasteiger partial charge in [0.1, 0.15) is 0 Å². The Hall–Kier alpha value is 0.470. The lowest BCUT2D eigenvalue weighted by Gasteiger charge is -1.94. The van der Waals surface area contributed by atoms with Crippen LogP contribution in [0.15, 0.2) is 11.6 Å². The standard InChI is InChI=1S/C9H17I/c1-3-9(2)7-5-4-6-8-10/h7H,3-6,8H2,1-2H3/b9-7+. The number of hydrogen-bond acceptors (Lipinski definition) is 0. The molecule has 0 fully saturated rings. The van der Waals surface area contributed by atoms with Crippen molar-refractivity contribution in [3.63, 3.8) is 0 Å². The fraction of sp³-hybridized carbons (Fsp3) is 0.778. The van der Waals surface area contributed by atoms with E-state index in [0.29, 0.717) is 0 Å². The summed E-state index contributed by atoms with van der Waals surface area (Å²) in [6.07, 6.45) is 7.59. The minimum atomic E-state index is 1.21. The minimum absolute atomic E-state index is 1.21. The maximum absolute atomic E-state index is 2.43. The number of allylic oxidation sites excluding steroid dienone is 2. The van der Waals surface area contributed by atoms with Crippen molar-refractivity contribution in [2.45, 2.75) is 39.5 Å². The Morgan fingerprint density at radius 1 is 1.40 bits per heavy atom. The van der Waals surface area contributed by atoms with E-state index in [1.807, 2.05) is 0 Å². The number of alkyl halides is 1. The zero-order valence-corrected chi connectivity index (χ0v) is 9.15. The van der Waals surface area contributed by atoms with Gasteiger partial charge in [0.15, 0.2) is 0 Å². The highest BCUT2D eigenvalue weighted by Crippen LogP contribution is 2.04. The van der Waals surface area contributed by atoms with Crippen LogP contribution in [-0.4, -0.2) is 4.43 Å². The molecule has 0 spiro atoms. The van der Waals surface area contributed by atoms with E-state index >= 15 is 0 Å². The lowest BCUT2D eigenvalue weighted by molar-refractivity contribution is 0.822. The summed E-state index contributed by atoms with van der Waals surface area (Å²) < 4.78 is 1.30. The lowest BCUT2D eigenvalue weighted by Crippen LogP contribution is -1.76. The summed E-state index contributed by atoms with van der Waals surface area (Å²) in [5.41, 5.74) is 1.54. The lowest BCUT2D eigenvalue weighted by atomic mass is 10.1. The third-order valence-electron chi connectivity index (χ3n) is 1.64. The Morgan fingerprint density at radius 3 is 2.60 bits per heavy atom. The average Bonchev–Trinajstić information content (AvgIpc) is 1.98. The Bertz CT molecular complexity index is 94.9. The quantitative estimate of drug-likeness (QED) is 0.301. The van der Waals surface area contributed by atoms with Crippen molar-refractivity contribution in [2.75, 3.05) is 4.43 Å². The molecule has 0 aliphatic heterocycles. The summed E-state index contributed by atoms with van der Waals surface area (Å²) in [5.74, 6) is 0. The van der Waals surface area contributed by atoms with E-state index < -0.39 is 0 Å². The number of halogens is 1. The Kier molecular flexibility index (Phi) is 7.93. The van der Waals surface area contributed by atoms with E-state index in [4.69, 9.17) is 0 Å². The molecule has 0 aliphatic carbocycles. The van der Waals surface area contributed by atoms with Gasteiger partial charge in [-0.1, -0.05) is 41.2 Å². The van der Waals surface area contributed by atoms with Gasteiger partial charge in [-0.05, 0) is 37.0 Å². The molecular formula is C9H17I. The van der Waals surface area contributed by atoms with Crippen LogP contribution in [0.5, 0.6) is 0 Å². The highest BCUT2D eigenvalue weighted by molar-refractivity contribution is 14.1. The first kappa shape index (κ1) is 10.5. The average molecular weight is 252 g/mol. The second-order valence-electron chi connectivity index (χ2n) is 2.59. The van der Waals surface area contributed by atoms with Gasteiger partial charge in [0.05, 0.1) is 0 Å². The molecule has 60 valence electrons. The van der Waals surface area contributed by atoms with Gasteiger partial charge in [-0.15, -0.1) is 0 Å². The monoisotopic (exact) mass is 252 g/mol. The van der Waals surface area contributed by atoms with Crippen LogP contribution in [0.25, 0.3) is 0 Å². The smallest absolute Gasteiger partial charge is 0.000462 e. The topological polar surface area (TPSA) is 0 Å². The molecule has 0 saturated carbocycles. The largest absolute Gasteiger partial charge is 0.0864 e. The van der Waals surface area contributed by atoms with Gasteiger partial charge in [-0.3, -0.25) is 0 Å². The molecular weight excluding hydrogens is 235 g/mol. The third-order valence-corrected chi connectivity index (χ3v) is 2.40. The van der Waals surface area contributed by atoms with Crippen LogP contribution in [-0.2, 0) is 0 Å². The molecule has 1 heteroatoms. The van der Waals surface area contributed by atoms with Crippen LogP contribution in [0.4, 0.5) is 0 Å². The molecule has 0 aromatic heterocycles. The fourth-order valence-corrected chi connectivity index (χ4v) is 1.27. The van der Waals surface area contributed by atoms with Crippen molar-refractivity contribution in [3.05, 3.63) is 11.6 Å². The van der Waals surface area contributed by atoms with Gasteiger partial charge < -0.3 is 0 Å². The predicted octanol–water partition coefficient (Wildman–Crippen LogP) is 3.95. The maximum atomic E-state index is 2.43. The van der Waals surface area contributed by atoms with Crippen LogP contribution in [0, 0.1) is 0 Å². The Labute approximate surface area is 78.2 Å². The number of rotatable bonds is 5. The van der Waals surface area contributed by atoms with Crippen molar-refractivity contribution < 1.29 is 0 Å². The van der Waals surface area contributed by atoms with Crippen LogP contribution in [0.3, 0.4) is 0 Å². The third kappa shape index (κ3) is 6.59. The van der Waals surface area contributed by atoms with Crippen molar-refractivity contribution in [1.29, 1.82) is 0 Å². The van der Waals surface area contributed by atoms with E-state index in [-0.39, 0.29) is 0 Å². The van der Waals surface area contributed by atoms with Gasteiger partial charge >= 0.3 is 0 Å². The molecule has 0 rings (SSSR count). The SMILES string of the molecule is CC/C(C)=C/CCCCI. The number of hydrogen-bond donors (Lipinski definition) is 0. The van der Waals surface area contributed by atoms with Crippen molar-refractivity contribution in [3.8, 4) is 0 Å². The fourth-order valence-electron chi connectivity index (χ4n) is 0.732. The summed E-state index contributed by atoms with van der Waals surface area (Å²) in [4.78, 5) is 0. The predicted molar refractivity (Wildman–Crippen MR) is 56.8 cm³/mol. The molecule has 0 unspecified atom stereocenters. The molecule has 0 bridgehead atoms. The van der Waals surface area contributed by atoms with Crippen LogP contribution < -0.4 is 0 Å². The van der Waals surface area contributed by atoms with E-state index in [1.54, 1.807) is 0 Å². The molecule has 0 heterocycles. The minimum Gasteiger partial charge on any atom is -0.0864 e. The molecule has 10 heavy (non-hydrogen) atoms. The van der Waals surface area contributed by atoms with Crippen molar-refractivity contribution >= 4 is 22.6 Å². The summed E-state index contributed by atoms with van der Waals surface area (Å²) in [7, 11) is 0. The Morgan fingerprint density at radius 2 is 2.10 bits per heavy atom. The Balaban J connectivity index is 3.16. The summed E-state index contributed by atoms with van der Waals surface area (Å²) in [6, 6.07) is 0. The van der Waals surface area contributed by atoms with Gasteiger partial charge in [0.25, 0.3) is 0 Å². The van der Waals surface area contributed by atoms with Gasteiger partial charge in [-0.2, -0.15) is 0 Å². The molecule has 0 amide bonds. The molecule has 0 radical (unpaired) electrons. The molecule has 0 atom stereocenters. The van der Waals surface area contributed by atoms with Gasteiger partial charge in [0.2, 0.25) is 0 Å². The van der Waals surface area contributed by atoms with E-state index in [0.717, 1.165) is 0 Å². The highest BCUT2D eigenvalue weighted by atomic mass is 127. The zero-order chi connectivity index (χ0) is 7.82. The summed E-state index contributed by atoms with van der Waals surface area (Å²) in [5, 5.41) is 0. The zero-order valence-electron chi connectivity index (χ0n) is 6.99. The van der Waals surface area contributed by atoms with Crippen LogP contribution in [0.1, 0.15) is 39.5 Å². The second kappa shape index (κ2) is 7.58. The van der Waals surface area contributed by atoms with Crippen molar-refractivity contribution in [2.24, 2.45) is 0 Å². The first-order valence-electron chi connectivity index (χ1n) is 4.02. The van der Waals surface area contributed by atoms with E-state index in [9.17, 15) is 0 Å². The highest BCUT2D eigenvalue weighted by Gasteiger charge is 1.84. The molecule has 0 aliphatic rings. The second-order valence-corrected chi connectivity index (χ2v) is 3.67.